The van der Waals surface area contributed by atoms with Gasteiger partial charge in [-0.1, -0.05) is 48.5 Å². The summed E-state index contributed by atoms with van der Waals surface area (Å²) in [4.78, 5) is 25.8. The van der Waals surface area contributed by atoms with Crippen molar-refractivity contribution in [2.24, 2.45) is 0 Å². The van der Waals surface area contributed by atoms with Crippen LogP contribution in [0.25, 0.3) is 11.1 Å². The first-order valence-corrected chi connectivity index (χ1v) is 12.2. The molecule has 0 aromatic heterocycles. The Labute approximate surface area is 185 Å². The molecule has 9 heteroatoms. The largest absolute Gasteiger partial charge is 0.328 e. The fourth-order valence-electron chi connectivity index (χ4n) is 4.88. The maximum absolute atomic E-state index is 15.5. The summed E-state index contributed by atoms with van der Waals surface area (Å²) in [5, 5.41) is 0. The van der Waals surface area contributed by atoms with Crippen molar-refractivity contribution in [3.8, 4) is 11.1 Å². The third-order valence-corrected chi connectivity index (χ3v) is 6.99. The molecule has 2 aromatic rings. The fraction of sp³-hybridized carbons (Fsp3) is 0.391. The molecule has 1 aliphatic carbocycles. The number of nitrogens with zero attached hydrogens (tertiary/aromatic N) is 1. The van der Waals surface area contributed by atoms with Gasteiger partial charge in [0.1, 0.15) is 11.5 Å². The highest BCUT2D eigenvalue weighted by molar-refractivity contribution is 7.88. The monoisotopic (exact) mass is 462 g/mol. The van der Waals surface area contributed by atoms with Crippen molar-refractivity contribution in [2.45, 2.75) is 50.0 Å². The number of rotatable bonds is 6. The van der Waals surface area contributed by atoms with Crippen LogP contribution in [0.15, 0.2) is 48.5 Å². The van der Waals surface area contributed by atoms with E-state index in [1.165, 1.54) is 11.0 Å². The molecule has 2 atom stereocenters. The predicted octanol–water partition coefficient (Wildman–Crippen LogP) is 2.62. The van der Waals surface area contributed by atoms with Crippen molar-refractivity contribution < 1.29 is 26.8 Å². The molecule has 0 radical (unpaired) electrons. The van der Waals surface area contributed by atoms with Crippen LogP contribution in [0, 0.1) is 5.82 Å². The Kier molecular flexibility index (Phi) is 5.67. The number of fused-ring (bicyclic) bond motifs is 2. The molecule has 1 N–H and O–H groups in total. The van der Waals surface area contributed by atoms with Crippen LogP contribution in [0.4, 0.5) is 8.78 Å². The molecule has 2 aromatic carbocycles. The van der Waals surface area contributed by atoms with E-state index in [1.807, 2.05) is 6.07 Å². The van der Waals surface area contributed by atoms with E-state index in [0.29, 0.717) is 11.1 Å². The first-order chi connectivity index (χ1) is 15.0. The molecule has 5 rings (SSSR count). The lowest BCUT2D eigenvalue weighted by Gasteiger charge is -2.60. The highest BCUT2D eigenvalue weighted by atomic mass is 32.2. The van der Waals surface area contributed by atoms with E-state index in [9.17, 15) is 18.0 Å². The zero-order valence-corrected chi connectivity index (χ0v) is 18.5. The molecule has 0 spiro atoms. The van der Waals surface area contributed by atoms with Crippen molar-refractivity contribution in [3.05, 3.63) is 59.9 Å². The predicted molar refractivity (Wildman–Crippen MR) is 115 cm³/mol. The quantitative estimate of drug-likeness (QED) is 0.669. The van der Waals surface area contributed by atoms with Gasteiger partial charge in [-0.3, -0.25) is 9.59 Å². The molecule has 170 valence electrons. The van der Waals surface area contributed by atoms with Crippen LogP contribution in [-0.2, 0) is 26.0 Å². The van der Waals surface area contributed by atoms with Crippen LogP contribution in [0.2, 0.25) is 0 Å². The topological polar surface area (TPSA) is 83.6 Å². The number of Topliss-reactive ketones (excluding diaryl/α,β-unsaturated/α-hetero) is 1. The van der Waals surface area contributed by atoms with Gasteiger partial charge in [0.2, 0.25) is 15.8 Å². The van der Waals surface area contributed by atoms with E-state index >= 15 is 8.78 Å². The molecular weight excluding hydrogens is 438 g/mol. The molecule has 3 aliphatic rings. The zero-order valence-electron chi connectivity index (χ0n) is 17.7. The van der Waals surface area contributed by atoms with Gasteiger partial charge in [-0.15, -0.1) is 0 Å². The summed E-state index contributed by atoms with van der Waals surface area (Å²) in [6.07, 6.45) is 0.636. The van der Waals surface area contributed by atoms with Crippen molar-refractivity contribution >= 4 is 21.7 Å². The third kappa shape index (κ3) is 4.06. The molecular formula is C23H24F2N2O4S. The second-order valence-electron chi connectivity index (χ2n) is 8.65. The maximum atomic E-state index is 15.5. The first kappa shape index (κ1) is 22.5. The Morgan fingerprint density at radius 2 is 1.78 bits per heavy atom. The van der Waals surface area contributed by atoms with Gasteiger partial charge in [-0.05, 0) is 17.5 Å². The molecule has 2 heterocycles. The molecule has 2 bridgehead atoms. The van der Waals surface area contributed by atoms with Crippen LogP contribution in [-0.4, -0.2) is 55.1 Å². The second kappa shape index (κ2) is 8.04. The van der Waals surface area contributed by atoms with Gasteiger partial charge >= 0.3 is 0 Å². The minimum atomic E-state index is -3.83. The summed E-state index contributed by atoms with van der Waals surface area (Å²) < 4.78 is 57.3. The Hall–Kier alpha value is -2.65. The highest BCUT2D eigenvalue weighted by Crippen LogP contribution is 2.50. The number of carbonyl (C=O) groups is 2. The smallest absolute Gasteiger partial charge is 0.290 e. The van der Waals surface area contributed by atoms with E-state index < -0.39 is 51.3 Å². The van der Waals surface area contributed by atoms with Crippen molar-refractivity contribution in [2.75, 3.05) is 6.26 Å². The number of ketones is 1. The molecule has 3 fully saturated rings. The Morgan fingerprint density at radius 1 is 1.12 bits per heavy atom. The minimum absolute atomic E-state index is 0.0672. The average Bonchev–Trinajstić information content (AvgIpc) is 2.70. The number of piperidine rings is 2. The third-order valence-electron chi connectivity index (χ3n) is 6.31. The Bertz CT molecular complexity index is 1160. The van der Waals surface area contributed by atoms with Crippen LogP contribution < -0.4 is 4.72 Å². The Balaban J connectivity index is 1.76. The van der Waals surface area contributed by atoms with Crippen molar-refractivity contribution in [1.29, 1.82) is 0 Å². The number of sulfonamides is 1. The number of hydrogen-bond donors (Lipinski definition) is 1. The second-order valence-corrected chi connectivity index (χ2v) is 10.4. The summed E-state index contributed by atoms with van der Waals surface area (Å²) in [6.45, 7) is 1.12. The summed E-state index contributed by atoms with van der Waals surface area (Å²) in [5.41, 5.74) is -0.652. The van der Waals surface area contributed by atoms with Gasteiger partial charge in [0.15, 0.2) is 0 Å². The molecule has 32 heavy (non-hydrogen) atoms. The van der Waals surface area contributed by atoms with Crippen molar-refractivity contribution in [3.63, 3.8) is 0 Å². The average molecular weight is 463 g/mol. The molecule has 2 saturated heterocycles. The van der Waals surface area contributed by atoms with Crippen LogP contribution >= 0.6 is 0 Å². The lowest BCUT2D eigenvalue weighted by atomic mass is 9.64. The first-order valence-electron chi connectivity index (χ1n) is 10.3. The van der Waals surface area contributed by atoms with Gasteiger partial charge < -0.3 is 4.90 Å². The van der Waals surface area contributed by atoms with Gasteiger partial charge in [-0.2, -0.15) is 0 Å². The molecule has 0 unspecified atom stereocenters. The number of alkyl halides is 1. The summed E-state index contributed by atoms with van der Waals surface area (Å²) >= 11 is 0. The van der Waals surface area contributed by atoms with Gasteiger partial charge in [0.25, 0.3) is 5.91 Å². The summed E-state index contributed by atoms with van der Waals surface area (Å²) in [5.74, 6) is -2.08. The summed E-state index contributed by atoms with van der Waals surface area (Å²) in [7, 11) is -3.83. The molecule has 1 amide bonds. The van der Waals surface area contributed by atoms with E-state index in [1.54, 1.807) is 36.4 Å². The van der Waals surface area contributed by atoms with Crippen molar-refractivity contribution in [1.82, 2.24) is 9.62 Å². The number of carbonyl (C=O) groups excluding carboxylic acids is 2. The number of nitrogens with one attached hydrogen (secondary N) is 1. The van der Waals surface area contributed by atoms with Crippen LogP contribution in [0.3, 0.4) is 0 Å². The standard InChI is InChI=1S/C23H24F2N2O4S/c1-14(28)22(29)27-17-12-23(25,13-17)21(26-32(2,30)31)19(27)11-16-9-6-10-18(20(16)24)15-7-4-3-5-8-15/h3-10,17,19,21,26H,11-13H2,1-2H3/t17?,19-,21+,23?/m0/s1. The lowest BCUT2D eigenvalue weighted by Crippen LogP contribution is -2.77. The number of benzene rings is 2. The highest BCUT2D eigenvalue weighted by Gasteiger charge is 2.63. The normalized spacial score (nSPS) is 27.0. The molecule has 1 saturated carbocycles. The fourth-order valence-corrected chi connectivity index (χ4v) is 5.71. The van der Waals surface area contributed by atoms with Gasteiger partial charge in [0.05, 0.1) is 18.3 Å². The number of halogens is 2. The van der Waals surface area contributed by atoms with E-state index in [-0.39, 0.29) is 24.8 Å². The van der Waals surface area contributed by atoms with Gasteiger partial charge in [-0.25, -0.2) is 21.9 Å². The van der Waals surface area contributed by atoms with E-state index in [2.05, 4.69) is 4.72 Å². The van der Waals surface area contributed by atoms with Crippen LogP contribution in [0.5, 0.6) is 0 Å². The molecule has 6 nitrogen and oxygen atoms in total. The van der Waals surface area contributed by atoms with Crippen LogP contribution in [0.1, 0.15) is 25.3 Å². The number of amides is 1. The zero-order chi connectivity index (χ0) is 23.3. The van der Waals surface area contributed by atoms with Gasteiger partial charge in [0, 0.05) is 31.4 Å². The van der Waals surface area contributed by atoms with E-state index in [4.69, 9.17) is 0 Å². The maximum Gasteiger partial charge on any atom is 0.290 e. The molecule has 2 aliphatic heterocycles. The van der Waals surface area contributed by atoms with E-state index in [0.717, 1.165) is 13.2 Å². The minimum Gasteiger partial charge on any atom is -0.328 e. The SMILES string of the molecule is CC(=O)C(=O)N1C2CC(F)(C2)[C@H](NS(C)(=O)=O)[C@@H]1Cc1cccc(-c2ccccc2)c1F. The lowest BCUT2D eigenvalue weighted by molar-refractivity contribution is -0.170. The number of hydrogen-bond acceptors (Lipinski definition) is 4. The Morgan fingerprint density at radius 3 is 2.38 bits per heavy atom. The summed E-state index contributed by atoms with van der Waals surface area (Å²) in [6, 6.07) is 10.8.